The standard InChI is InChI=1S/C21H20FN5O2/c1-13(2)19-24-25-20-21(29)26(16-5-3-4-6-17(16)27(19)20)12-18(28)23-11-14-7-9-15(22)10-8-14/h3-10,13H,11-12H2,1-2H3,(H,23,28). The fourth-order valence-electron chi connectivity index (χ4n) is 3.32. The van der Waals surface area contributed by atoms with Crippen molar-refractivity contribution >= 4 is 22.6 Å². The fraction of sp³-hybridized carbons (Fsp3) is 0.238. The van der Waals surface area contributed by atoms with Gasteiger partial charge in [-0.3, -0.25) is 18.6 Å². The van der Waals surface area contributed by atoms with Gasteiger partial charge in [-0.1, -0.05) is 38.1 Å². The summed E-state index contributed by atoms with van der Waals surface area (Å²) in [6, 6.07) is 13.3. The summed E-state index contributed by atoms with van der Waals surface area (Å²) in [6.07, 6.45) is 0. The van der Waals surface area contributed by atoms with Crippen LogP contribution < -0.4 is 10.9 Å². The molecule has 4 rings (SSSR count). The smallest absolute Gasteiger partial charge is 0.297 e. The third-order valence-corrected chi connectivity index (χ3v) is 4.76. The average molecular weight is 393 g/mol. The molecule has 29 heavy (non-hydrogen) atoms. The number of hydrogen-bond donors (Lipinski definition) is 1. The van der Waals surface area contributed by atoms with Gasteiger partial charge in [-0.2, -0.15) is 0 Å². The Morgan fingerprint density at radius 2 is 1.76 bits per heavy atom. The first-order chi connectivity index (χ1) is 14.0. The lowest BCUT2D eigenvalue weighted by molar-refractivity contribution is -0.121. The quantitative estimate of drug-likeness (QED) is 0.565. The largest absolute Gasteiger partial charge is 0.350 e. The third-order valence-electron chi connectivity index (χ3n) is 4.76. The minimum absolute atomic E-state index is 0.0858. The predicted molar refractivity (Wildman–Crippen MR) is 107 cm³/mol. The second kappa shape index (κ2) is 7.46. The van der Waals surface area contributed by atoms with Crippen LogP contribution in [0.25, 0.3) is 16.7 Å². The van der Waals surface area contributed by atoms with Gasteiger partial charge in [0.05, 0.1) is 11.0 Å². The summed E-state index contributed by atoms with van der Waals surface area (Å²) in [5.41, 5.74) is 1.98. The Balaban J connectivity index is 1.69. The Labute approximate surface area is 165 Å². The van der Waals surface area contributed by atoms with Crippen LogP contribution in [0.15, 0.2) is 53.3 Å². The molecule has 2 aromatic carbocycles. The number of nitrogens with zero attached hydrogens (tertiary/aromatic N) is 4. The summed E-state index contributed by atoms with van der Waals surface area (Å²) in [7, 11) is 0. The SMILES string of the molecule is CC(C)c1nnc2c(=O)n(CC(=O)NCc3ccc(F)cc3)c3ccccc3n12. The van der Waals surface area contributed by atoms with Crippen molar-refractivity contribution in [3.63, 3.8) is 0 Å². The maximum absolute atomic E-state index is 13.0. The molecule has 0 radical (unpaired) electrons. The minimum Gasteiger partial charge on any atom is -0.350 e. The molecule has 7 nitrogen and oxygen atoms in total. The van der Waals surface area contributed by atoms with E-state index in [9.17, 15) is 14.0 Å². The second-order valence-electron chi connectivity index (χ2n) is 7.16. The summed E-state index contributed by atoms with van der Waals surface area (Å²) in [6.45, 7) is 4.07. The number of rotatable bonds is 5. The molecule has 8 heteroatoms. The highest BCUT2D eigenvalue weighted by Crippen LogP contribution is 2.19. The summed E-state index contributed by atoms with van der Waals surface area (Å²) in [5, 5.41) is 11.0. The number of amides is 1. The lowest BCUT2D eigenvalue weighted by Crippen LogP contribution is -2.33. The monoisotopic (exact) mass is 393 g/mol. The van der Waals surface area contributed by atoms with Gasteiger partial charge in [0.1, 0.15) is 18.2 Å². The zero-order valence-corrected chi connectivity index (χ0v) is 16.1. The van der Waals surface area contributed by atoms with E-state index in [1.54, 1.807) is 22.6 Å². The maximum Gasteiger partial charge on any atom is 0.297 e. The number of benzene rings is 2. The molecule has 1 amide bonds. The van der Waals surface area contributed by atoms with Crippen molar-refractivity contribution in [2.24, 2.45) is 0 Å². The van der Waals surface area contributed by atoms with E-state index in [4.69, 9.17) is 0 Å². The van der Waals surface area contributed by atoms with Gasteiger partial charge in [-0.05, 0) is 29.8 Å². The molecule has 0 spiro atoms. The van der Waals surface area contributed by atoms with E-state index in [-0.39, 0.29) is 41.9 Å². The Hall–Kier alpha value is -3.55. The zero-order chi connectivity index (χ0) is 20.5. The summed E-state index contributed by atoms with van der Waals surface area (Å²) < 4.78 is 16.2. The lowest BCUT2D eigenvalue weighted by atomic mass is 10.2. The summed E-state index contributed by atoms with van der Waals surface area (Å²) in [5.74, 6) is 0.124. The van der Waals surface area contributed by atoms with Crippen molar-refractivity contribution in [3.05, 3.63) is 76.1 Å². The van der Waals surface area contributed by atoms with Crippen LogP contribution in [0.5, 0.6) is 0 Å². The van der Waals surface area contributed by atoms with Crippen molar-refractivity contribution in [1.29, 1.82) is 0 Å². The number of para-hydroxylation sites is 2. The van der Waals surface area contributed by atoms with E-state index < -0.39 is 0 Å². The number of aromatic nitrogens is 4. The highest BCUT2D eigenvalue weighted by atomic mass is 19.1. The third kappa shape index (κ3) is 3.49. The molecule has 4 aromatic rings. The highest BCUT2D eigenvalue weighted by molar-refractivity contribution is 5.82. The van der Waals surface area contributed by atoms with Gasteiger partial charge in [0, 0.05) is 12.5 Å². The maximum atomic E-state index is 13.0. The number of nitrogens with one attached hydrogen (secondary N) is 1. The van der Waals surface area contributed by atoms with E-state index in [1.165, 1.54) is 16.7 Å². The van der Waals surface area contributed by atoms with E-state index >= 15 is 0 Å². The summed E-state index contributed by atoms with van der Waals surface area (Å²) in [4.78, 5) is 25.6. The first kappa shape index (κ1) is 18.8. The molecule has 2 aromatic heterocycles. The Kier molecular flexibility index (Phi) is 4.84. The first-order valence-corrected chi connectivity index (χ1v) is 9.33. The minimum atomic E-state index is -0.375. The van der Waals surface area contributed by atoms with Crippen LogP contribution >= 0.6 is 0 Å². The molecule has 0 saturated carbocycles. The molecule has 0 unspecified atom stereocenters. The Morgan fingerprint density at radius 1 is 1.07 bits per heavy atom. The fourth-order valence-corrected chi connectivity index (χ4v) is 3.32. The van der Waals surface area contributed by atoms with E-state index in [1.807, 2.05) is 32.0 Å². The molecule has 0 aliphatic carbocycles. The van der Waals surface area contributed by atoms with Crippen molar-refractivity contribution in [2.75, 3.05) is 0 Å². The number of fused-ring (bicyclic) bond motifs is 3. The van der Waals surface area contributed by atoms with Gasteiger partial charge in [0.2, 0.25) is 11.6 Å². The van der Waals surface area contributed by atoms with Gasteiger partial charge in [0.15, 0.2) is 0 Å². The van der Waals surface area contributed by atoms with Crippen LogP contribution in [0.1, 0.15) is 31.2 Å². The molecule has 0 fully saturated rings. The van der Waals surface area contributed by atoms with Crippen molar-refractivity contribution < 1.29 is 9.18 Å². The molecular weight excluding hydrogens is 373 g/mol. The average Bonchev–Trinajstić information content (AvgIpc) is 3.16. The molecule has 0 saturated heterocycles. The first-order valence-electron chi connectivity index (χ1n) is 9.33. The Bertz CT molecular complexity index is 1260. The van der Waals surface area contributed by atoms with E-state index in [0.29, 0.717) is 11.3 Å². The van der Waals surface area contributed by atoms with Gasteiger partial charge in [-0.25, -0.2) is 4.39 Å². The molecular formula is C21H20FN5O2. The summed E-state index contributed by atoms with van der Waals surface area (Å²) >= 11 is 0. The topological polar surface area (TPSA) is 81.3 Å². The lowest BCUT2D eigenvalue weighted by Gasteiger charge is -2.13. The van der Waals surface area contributed by atoms with Crippen LogP contribution in [0.3, 0.4) is 0 Å². The van der Waals surface area contributed by atoms with Crippen molar-refractivity contribution in [1.82, 2.24) is 24.5 Å². The van der Waals surface area contributed by atoms with Crippen LogP contribution in [0.4, 0.5) is 4.39 Å². The van der Waals surface area contributed by atoms with Gasteiger partial charge >= 0.3 is 0 Å². The van der Waals surface area contributed by atoms with Crippen LogP contribution in [-0.2, 0) is 17.9 Å². The van der Waals surface area contributed by atoms with Crippen LogP contribution in [-0.4, -0.2) is 25.1 Å². The van der Waals surface area contributed by atoms with Crippen molar-refractivity contribution in [2.45, 2.75) is 32.9 Å². The molecule has 2 heterocycles. The number of carbonyl (C=O) groups excluding carboxylic acids is 1. The van der Waals surface area contributed by atoms with Crippen LogP contribution in [0.2, 0.25) is 0 Å². The molecule has 0 aliphatic rings. The van der Waals surface area contributed by atoms with E-state index in [2.05, 4.69) is 15.5 Å². The Morgan fingerprint density at radius 3 is 2.45 bits per heavy atom. The van der Waals surface area contributed by atoms with Gasteiger partial charge in [-0.15, -0.1) is 10.2 Å². The van der Waals surface area contributed by atoms with Crippen LogP contribution in [0, 0.1) is 5.82 Å². The number of carbonyl (C=O) groups is 1. The molecule has 0 aliphatic heterocycles. The van der Waals surface area contributed by atoms with Crippen molar-refractivity contribution in [3.8, 4) is 0 Å². The highest BCUT2D eigenvalue weighted by Gasteiger charge is 2.19. The molecule has 0 atom stereocenters. The van der Waals surface area contributed by atoms with E-state index in [0.717, 1.165) is 11.1 Å². The predicted octanol–water partition coefficient (Wildman–Crippen LogP) is 2.62. The van der Waals surface area contributed by atoms with Gasteiger partial charge < -0.3 is 5.32 Å². The zero-order valence-electron chi connectivity index (χ0n) is 16.1. The van der Waals surface area contributed by atoms with Gasteiger partial charge in [0.25, 0.3) is 5.56 Å². The molecule has 148 valence electrons. The second-order valence-corrected chi connectivity index (χ2v) is 7.16. The number of halogens is 1. The molecule has 0 bridgehead atoms. The molecule has 1 N–H and O–H groups in total. The normalized spacial score (nSPS) is 11.4. The number of hydrogen-bond acceptors (Lipinski definition) is 4.